The molecule has 10 N–H and O–H groups in total. The Hall–Kier alpha value is -4.79. The van der Waals surface area contributed by atoms with E-state index in [4.69, 9.17) is 16.6 Å². The lowest BCUT2D eigenvalue weighted by atomic mass is 10.0. The number of hydrogen-bond acceptors (Lipinski definition) is 8. The Bertz CT molecular complexity index is 1170. The number of imidazole rings is 1. The summed E-state index contributed by atoms with van der Waals surface area (Å²) in [5, 5.41) is 25.8. The van der Waals surface area contributed by atoms with Gasteiger partial charge < -0.3 is 42.6 Å². The zero-order chi connectivity index (χ0) is 29.7. The Morgan fingerprint density at radius 1 is 0.825 bits per heavy atom. The fourth-order valence-corrected chi connectivity index (χ4v) is 3.66. The highest BCUT2D eigenvalue weighted by Crippen LogP contribution is 2.08. The van der Waals surface area contributed by atoms with E-state index in [1.165, 1.54) is 12.5 Å². The number of aromatic amines is 1. The normalized spacial score (nSPS) is 13.7. The summed E-state index contributed by atoms with van der Waals surface area (Å²) < 4.78 is 0. The van der Waals surface area contributed by atoms with Gasteiger partial charge in [-0.05, 0) is 18.4 Å². The molecule has 1 aromatic heterocycles. The molecule has 15 nitrogen and oxygen atoms in total. The molecule has 0 aliphatic heterocycles. The third kappa shape index (κ3) is 10.9. The number of carbonyl (C=O) groups is 6. The van der Waals surface area contributed by atoms with E-state index in [2.05, 4.69) is 25.9 Å². The molecule has 4 atom stereocenters. The number of carboxylic acid groups (broad SMARTS) is 2. The molecule has 2 aromatic rings. The van der Waals surface area contributed by atoms with Crippen LogP contribution in [0.4, 0.5) is 0 Å². The highest BCUT2D eigenvalue weighted by molar-refractivity contribution is 5.94. The first-order chi connectivity index (χ1) is 19.0. The molecule has 1 aromatic carbocycles. The minimum absolute atomic E-state index is 0.0244. The number of carboxylic acids is 2. The van der Waals surface area contributed by atoms with Gasteiger partial charge in [-0.3, -0.25) is 24.0 Å². The van der Waals surface area contributed by atoms with Gasteiger partial charge >= 0.3 is 11.9 Å². The van der Waals surface area contributed by atoms with E-state index in [0.29, 0.717) is 11.3 Å². The number of primary amides is 1. The van der Waals surface area contributed by atoms with E-state index in [-0.39, 0.29) is 38.5 Å². The van der Waals surface area contributed by atoms with Crippen LogP contribution >= 0.6 is 0 Å². The van der Waals surface area contributed by atoms with Crippen molar-refractivity contribution in [3.63, 3.8) is 0 Å². The SMILES string of the molecule is NC(=O)CCC(NC(=O)C(N)CCC(=O)O)C(=O)NC(Cc1ccccc1)C(=O)NC(Cc1cnc[nH]1)C(=O)O. The van der Waals surface area contributed by atoms with Gasteiger partial charge in [-0.25, -0.2) is 9.78 Å². The monoisotopic (exact) mass is 559 g/mol. The van der Waals surface area contributed by atoms with Gasteiger partial charge in [-0.15, -0.1) is 0 Å². The number of rotatable bonds is 17. The molecule has 0 aliphatic carbocycles. The standard InChI is InChI=1S/C25H33N7O8/c26-16(6-9-21(34)35)22(36)30-17(7-8-20(27)33)23(37)31-18(10-14-4-2-1-3-5-14)24(38)32-19(25(39)40)11-15-12-28-13-29-15/h1-5,12-13,16-19H,6-11,26H2,(H2,27,33)(H,28,29)(H,30,36)(H,31,37)(H,32,38)(H,34,35)(H,39,40). The number of aromatic nitrogens is 2. The molecule has 15 heteroatoms. The fourth-order valence-electron chi connectivity index (χ4n) is 3.66. The van der Waals surface area contributed by atoms with Crippen LogP contribution in [0.2, 0.25) is 0 Å². The molecule has 0 aliphatic rings. The van der Waals surface area contributed by atoms with Crippen LogP contribution in [0.15, 0.2) is 42.9 Å². The summed E-state index contributed by atoms with van der Waals surface area (Å²) in [6, 6.07) is 3.40. The van der Waals surface area contributed by atoms with Crippen LogP contribution in [-0.4, -0.2) is 79.9 Å². The Kier molecular flexibility index (Phi) is 12.2. The minimum Gasteiger partial charge on any atom is -0.481 e. The van der Waals surface area contributed by atoms with Gasteiger partial charge in [0.25, 0.3) is 0 Å². The van der Waals surface area contributed by atoms with Crippen molar-refractivity contribution >= 4 is 35.6 Å². The number of nitrogens with zero attached hydrogens (tertiary/aromatic N) is 1. The number of nitrogens with two attached hydrogens (primary N) is 2. The zero-order valence-corrected chi connectivity index (χ0v) is 21.5. The van der Waals surface area contributed by atoms with Crippen molar-refractivity contribution < 1.29 is 39.0 Å². The van der Waals surface area contributed by atoms with E-state index >= 15 is 0 Å². The summed E-state index contributed by atoms with van der Waals surface area (Å²) in [6.45, 7) is 0. The molecule has 40 heavy (non-hydrogen) atoms. The minimum atomic E-state index is -1.35. The quantitative estimate of drug-likeness (QED) is 0.108. The van der Waals surface area contributed by atoms with Crippen LogP contribution in [0.1, 0.15) is 36.9 Å². The lowest BCUT2D eigenvalue weighted by Crippen LogP contribution is -2.58. The molecule has 2 rings (SSSR count). The van der Waals surface area contributed by atoms with Crippen molar-refractivity contribution in [1.29, 1.82) is 0 Å². The van der Waals surface area contributed by atoms with Gasteiger partial charge in [0.15, 0.2) is 0 Å². The molecule has 0 saturated heterocycles. The zero-order valence-electron chi connectivity index (χ0n) is 21.5. The van der Waals surface area contributed by atoms with E-state index in [1.807, 2.05) is 0 Å². The van der Waals surface area contributed by atoms with Gasteiger partial charge in [-0.2, -0.15) is 0 Å². The smallest absolute Gasteiger partial charge is 0.326 e. The molecule has 4 amide bonds. The van der Waals surface area contributed by atoms with Crippen molar-refractivity contribution in [2.75, 3.05) is 0 Å². The molecule has 4 unspecified atom stereocenters. The van der Waals surface area contributed by atoms with Crippen molar-refractivity contribution in [2.45, 2.75) is 62.7 Å². The summed E-state index contributed by atoms with van der Waals surface area (Å²) in [7, 11) is 0. The van der Waals surface area contributed by atoms with E-state index in [1.54, 1.807) is 30.3 Å². The van der Waals surface area contributed by atoms with Gasteiger partial charge in [0.2, 0.25) is 23.6 Å². The number of nitrogens with one attached hydrogen (secondary N) is 4. The molecule has 0 saturated carbocycles. The van der Waals surface area contributed by atoms with Gasteiger partial charge in [0, 0.05) is 37.6 Å². The summed E-state index contributed by atoms with van der Waals surface area (Å²) in [4.78, 5) is 79.6. The maximum Gasteiger partial charge on any atom is 0.326 e. The largest absolute Gasteiger partial charge is 0.481 e. The Morgan fingerprint density at radius 3 is 2.02 bits per heavy atom. The molecule has 216 valence electrons. The lowest BCUT2D eigenvalue weighted by molar-refractivity contribution is -0.142. The third-order valence-electron chi connectivity index (χ3n) is 5.83. The summed E-state index contributed by atoms with van der Waals surface area (Å²) in [5.74, 6) is -5.70. The van der Waals surface area contributed by atoms with Crippen molar-refractivity contribution in [1.82, 2.24) is 25.9 Å². The molecule has 0 fully saturated rings. The Balaban J connectivity index is 2.22. The second kappa shape index (κ2) is 15.6. The van der Waals surface area contributed by atoms with Gasteiger partial charge in [0.1, 0.15) is 18.1 Å². The number of H-pyrrole nitrogens is 1. The number of carbonyl (C=O) groups excluding carboxylic acids is 4. The maximum atomic E-state index is 13.2. The van der Waals surface area contributed by atoms with Crippen molar-refractivity contribution in [3.05, 3.63) is 54.1 Å². The number of aliphatic carboxylic acids is 2. The topological polar surface area (TPSA) is 260 Å². The number of amides is 4. The first-order valence-electron chi connectivity index (χ1n) is 12.4. The van der Waals surface area contributed by atoms with Gasteiger partial charge in [-0.1, -0.05) is 30.3 Å². The molecule has 0 spiro atoms. The molecule has 1 heterocycles. The van der Waals surface area contributed by atoms with Crippen molar-refractivity contribution in [2.24, 2.45) is 11.5 Å². The number of hydrogen-bond donors (Lipinski definition) is 8. The first kappa shape index (κ1) is 31.4. The van der Waals surface area contributed by atoms with Crippen LogP contribution in [0.5, 0.6) is 0 Å². The van der Waals surface area contributed by atoms with E-state index in [9.17, 15) is 33.9 Å². The fraction of sp³-hybridized carbons (Fsp3) is 0.400. The van der Waals surface area contributed by atoms with Gasteiger partial charge in [0.05, 0.1) is 12.4 Å². The predicted octanol–water partition coefficient (Wildman–Crippen LogP) is -1.81. The van der Waals surface area contributed by atoms with E-state index in [0.717, 1.165) is 0 Å². The summed E-state index contributed by atoms with van der Waals surface area (Å²) in [6.07, 6.45) is 1.56. The molecular formula is C25H33N7O8. The Labute approximate surface area is 229 Å². The molecular weight excluding hydrogens is 526 g/mol. The molecule has 0 radical (unpaired) electrons. The highest BCUT2D eigenvalue weighted by atomic mass is 16.4. The second-order valence-electron chi connectivity index (χ2n) is 9.04. The average Bonchev–Trinajstić information content (AvgIpc) is 3.42. The number of benzene rings is 1. The van der Waals surface area contributed by atoms with Crippen LogP contribution in [0, 0.1) is 0 Å². The van der Waals surface area contributed by atoms with E-state index < -0.39 is 59.7 Å². The molecule has 0 bridgehead atoms. The first-order valence-corrected chi connectivity index (χ1v) is 12.4. The lowest BCUT2D eigenvalue weighted by Gasteiger charge is -2.25. The third-order valence-corrected chi connectivity index (χ3v) is 5.83. The predicted molar refractivity (Wildman–Crippen MR) is 139 cm³/mol. The summed E-state index contributed by atoms with van der Waals surface area (Å²) >= 11 is 0. The maximum absolute atomic E-state index is 13.2. The second-order valence-corrected chi connectivity index (χ2v) is 9.04. The summed E-state index contributed by atoms with van der Waals surface area (Å²) in [5.41, 5.74) is 12.1. The highest BCUT2D eigenvalue weighted by Gasteiger charge is 2.31. The average molecular weight is 560 g/mol. The van der Waals surface area contributed by atoms with Crippen LogP contribution < -0.4 is 27.4 Å². The van der Waals surface area contributed by atoms with Crippen LogP contribution in [0.3, 0.4) is 0 Å². The van der Waals surface area contributed by atoms with Crippen LogP contribution in [0.25, 0.3) is 0 Å². The Morgan fingerprint density at radius 2 is 1.45 bits per heavy atom. The van der Waals surface area contributed by atoms with Crippen molar-refractivity contribution in [3.8, 4) is 0 Å². The van der Waals surface area contributed by atoms with Crippen LogP contribution in [-0.2, 0) is 41.6 Å².